The van der Waals surface area contributed by atoms with Crippen LogP contribution in [0.4, 0.5) is 14.9 Å². The summed E-state index contributed by atoms with van der Waals surface area (Å²) >= 11 is 0. The standard InChI is InChI=1S/C23H22FN3O3/c24-19-7-1-5-17(13-19)16-26-10-4-11-27(23(26)29)20-8-2-6-18(14-20)22(28)25-15-21-9-3-12-30-21/h1-3,5-9,12-14H,4,10-11,15-16H2,(H,25,28). The number of anilines is 1. The number of carbonyl (C=O) groups is 2. The molecule has 2 aromatic carbocycles. The smallest absolute Gasteiger partial charge is 0.324 e. The Morgan fingerprint density at radius 2 is 1.93 bits per heavy atom. The third kappa shape index (κ3) is 4.51. The van der Waals surface area contributed by atoms with Gasteiger partial charge in [0, 0.05) is 30.9 Å². The zero-order valence-electron chi connectivity index (χ0n) is 16.4. The molecule has 2 heterocycles. The fourth-order valence-corrected chi connectivity index (χ4v) is 3.52. The largest absolute Gasteiger partial charge is 0.467 e. The van der Waals surface area contributed by atoms with Crippen LogP contribution in [0, 0.1) is 5.82 Å². The highest BCUT2D eigenvalue weighted by Crippen LogP contribution is 2.23. The van der Waals surface area contributed by atoms with Crippen LogP contribution < -0.4 is 10.2 Å². The van der Waals surface area contributed by atoms with E-state index in [2.05, 4.69) is 5.32 Å². The lowest BCUT2D eigenvalue weighted by molar-refractivity contribution is 0.0948. The van der Waals surface area contributed by atoms with Crippen LogP contribution >= 0.6 is 0 Å². The van der Waals surface area contributed by atoms with Gasteiger partial charge in [-0.05, 0) is 54.4 Å². The average Bonchev–Trinajstić information content (AvgIpc) is 3.27. The van der Waals surface area contributed by atoms with E-state index >= 15 is 0 Å². The Bertz CT molecular complexity index is 1040. The van der Waals surface area contributed by atoms with Crippen molar-refractivity contribution >= 4 is 17.6 Å². The summed E-state index contributed by atoms with van der Waals surface area (Å²) in [5, 5.41) is 2.81. The summed E-state index contributed by atoms with van der Waals surface area (Å²) in [5.74, 6) is 0.107. The van der Waals surface area contributed by atoms with Crippen molar-refractivity contribution in [2.45, 2.75) is 19.5 Å². The van der Waals surface area contributed by atoms with E-state index in [4.69, 9.17) is 4.42 Å². The lowest BCUT2D eigenvalue weighted by Gasteiger charge is -2.35. The van der Waals surface area contributed by atoms with Gasteiger partial charge in [-0.3, -0.25) is 9.69 Å². The van der Waals surface area contributed by atoms with Crippen molar-refractivity contribution in [1.82, 2.24) is 10.2 Å². The minimum absolute atomic E-state index is 0.154. The van der Waals surface area contributed by atoms with E-state index < -0.39 is 0 Å². The quantitative estimate of drug-likeness (QED) is 0.667. The fourth-order valence-electron chi connectivity index (χ4n) is 3.52. The molecule has 1 N–H and O–H groups in total. The van der Waals surface area contributed by atoms with Crippen molar-refractivity contribution in [3.8, 4) is 0 Å². The van der Waals surface area contributed by atoms with Crippen LogP contribution in [0.15, 0.2) is 71.3 Å². The zero-order valence-corrected chi connectivity index (χ0v) is 16.4. The van der Waals surface area contributed by atoms with Gasteiger partial charge in [-0.2, -0.15) is 0 Å². The molecule has 154 valence electrons. The Kier molecular flexibility index (Phi) is 5.79. The fraction of sp³-hybridized carbons (Fsp3) is 0.217. The first-order valence-electron chi connectivity index (χ1n) is 9.82. The number of urea groups is 1. The summed E-state index contributed by atoms with van der Waals surface area (Å²) < 4.78 is 18.7. The Morgan fingerprint density at radius 1 is 1.07 bits per heavy atom. The molecule has 3 aromatic rings. The lowest BCUT2D eigenvalue weighted by atomic mass is 10.1. The van der Waals surface area contributed by atoms with Crippen molar-refractivity contribution in [2.24, 2.45) is 0 Å². The Morgan fingerprint density at radius 3 is 2.73 bits per heavy atom. The van der Waals surface area contributed by atoms with E-state index in [9.17, 15) is 14.0 Å². The van der Waals surface area contributed by atoms with Gasteiger partial charge >= 0.3 is 6.03 Å². The van der Waals surface area contributed by atoms with Crippen LogP contribution in [0.1, 0.15) is 28.1 Å². The third-order valence-electron chi connectivity index (χ3n) is 5.00. The summed E-state index contributed by atoms with van der Waals surface area (Å²) in [6.07, 6.45) is 2.34. The van der Waals surface area contributed by atoms with Crippen LogP contribution in [0.2, 0.25) is 0 Å². The van der Waals surface area contributed by atoms with Gasteiger partial charge in [0.1, 0.15) is 11.6 Å². The molecule has 0 atom stereocenters. The number of hydrogen-bond donors (Lipinski definition) is 1. The van der Waals surface area contributed by atoms with Gasteiger partial charge in [0.15, 0.2) is 0 Å². The van der Waals surface area contributed by atoms with E-state index in [-0.39, 0.29) is 17.8 Å². The topological polar surface area (TPSA) is 65.8 Å². The van der Waals surface area contributed by atoms with Crippen molar-refractivity contribution in [3.63, 3.8) is 0 Å². The molecule has 4 rings (SSSR count). The number of amides is 3. The maximum atomic E-state index is 13.5. The molecule has 3 amide bonds. The number of furan rings is 1. The molecule has 0 radical (unpaired) electrons. The Labute approximate surface area is 173 Å². The molecule has 1 aromatic heterocycles. The number of carbonyl (C=O) groups excluding carboxylic acids is 2. The molecule has 0 unspecified atom stereocenters. The molecule has 0 bridgehead atoms. The van der Waals surface area contributed by atoms with E-state index in [1.54, 1.807) is 58.5 Å². The number of rotatable bonds is 6. The summed E-state index contributed by atoms with van der Waals surface area (Å²) in [7, 11) is 0. The van der Waals surface area contributed by atoms with E-state index in [0.29, 0.717) is 43.2 Å². The highest BCUT2D eigenvalue weighted by Gasteiger charge is 2.27. The normalized spacial score (nSPS) is 14.1. The molecule has 0 aliphatic carbocycles. The number of halogens is 1. The molecule has 1 fully saturated rings. The lowest BCUT2D eigenvalue weighted by Crippen LogP contribution is -2.49. The van der Waals surface area contributed by atoms with Gasteiger partial charge in [-0.15, -0.1) is 0 Å². The van der Waals surface area contributed by atoms with E-state index in [0.717, 1.165) is 12.0 Å². The van der Waals surface area contributed by atoms with Gasteiger partial charge in [0.25, 0.3) is 5.91 Å². The van der Waals surface area contributed by atoms with E-state index in [1.165, 1.54) is 12.1 Å². The monoisotopic (exact) mass is 407 g/mol. The molecule has 6 nitrogen and oxygen atoms in total. The third-order valence-corrected chi connectivity index (χ3v) is 5.00. The van der Waals surface area contributed by atoms with Crippen LogP contribution in [-0.2, 0) is 13.1 Å². The number of benzene rings is 2. The Hall–Kier alpha value is -3.61. The highest BCUT2D eigenvalue weighted by atomic mass is 19.1. The molecule has 0 saturated carbocycles. The second-order valence-electron chi connectivity index (χ2n) is 7.15. The van der Waals surface area contributed by atoms with Gasteiger partial charge in [-0.25, -0.2) is 9.18 Å². The van der Waals surface area contributed by atoms with Crippen molar-refractivity contribution in [3.05, 3.63) is 89.6 Å². The number of hydrogen-bond acceptors (Lipinski definition) is 3. The van der Waals surface area contributed by atoms with Crippen LogP contribution in [0.5, 0.6) is 0 Å². The molecule has 7 heteroatoms. The second kappa shape index (κ2) is 8.82. The molecular weight excluding hydrogens is 385 g/mol. The first kappa shape index (κ1) is 19.7. The molecule has 30 heavy (non-hydrogen) atoms. The zero-order chi connectivity index (χ0) is 20.9. The first-order valence-corrected chi connectivity index (χ1v) is 9.82. The van der Waals surface area contributed by atoms with Crippen LogP contribution in [-0.4, -0.2) is 29.9 Å². The first-order chi connectivity index (χ1) is 14.6. The van der Waals surface area contributed by atoms with Crippen molar-refractivity contribution in [2.75, 3.05) is 18.0 Å². The molecule has 1 aliphatic heterocycles. The number of nitrogens with zero attached hydrogens (tertiary/aromatic N) is 2. The predicted octanol–water partition coefficient (Wildman–Crippen LogP) is 4.18. The summed E-state index contributed by atoms with van der Waals surface area (Å²) in [6.45, 7) is 1.81. The van der Waals surface area contributed by atoms with Gasteiger partial charge in [-0.1, -0.05) is 18.2 Å². The summed E-state index contributed by atoms with van der Waals surface area (Å²) in [6, 6.07) is 16.7. The molecule has 1 saturated heterocycles. The Balaban J connectivity index is 1.45. The summed E-state index contributed by atoms with van der Waals surface area (Å²) in [4.78, 5) is 28.9. The molecule has 1 aliphatic rings. The predicted molar refractivity (Wildman–Crippen MR) is 110 cm³/mol. The van der Waals surface area contributed by atoms with Crippen molar-refractivity contribution in [1.29, 1.82) is 0 Å². The average molecular weight is 407 g/mol. The second-order valence-corrected chi connectivity index (χ2v) is 7.15. The van der Waals surface area contributed by atoms with Crippen molar-refractivity contribution < 1.29 is 18.4 Å². The minimum Gasteiger partial charge on any atom is -0.467 e. The number of nitrogens with one attached hydrogen (secondary N) is 1. The molecular formula is C23H22FN3O3. The molecule has 0 spiro atoms. The van der Waals surface area contributed by atoms with Gasteiger partial charge < -0.3 is 14.6 Å². The van der Waals surface area contributed by atoms with Crippen LogP contribution in [0.3, 0.4) is 0 Å². The maximum Gasteiger partial charge on any atom is 0.324 e. The highest BCUT2D eigenvalue weighted by molar-refractivity contribution is 5.97. The van der Waals surface area contributed by atoms with E-state index in [1.807, 2.05) is 6.07 Å². The summed E-state index contributed by atoms with van der Waals surface area (Å²) in [5.41, 5.74) is 1.87. The minimum atomic E-state index is -0.318. The SMILES string of the molecule is O=C(NCc1ccco1)c1cccc(N2CCCN(Cc3cccc(F)c3)C2=O)c1. The van der Waals surface area contributed by atoms with Gasteiger partial charge in [0.2, 0.25) is 0 Å². The maximum absolute atomic E-state index is 13.5. The van der Waals surface area contributed by atoms with Gasteiger partial charge in [0.05, 0.1) is 12.8 Å². The van der Waals surface area contributed by atoms with Crippen LogP contribution in [0.25, 0.3) is 0 Å².